The summed E-state index contributed by atoms with van der Waals surface area (Å²) in [5, 5.41) is 0.688. The van der Waals surface area contributed by atoms with Crippen molar-refractivity contribution >= 4 is 57.6 Å². The van der Waals surface area contributed by atoms with Crippen molar-refractivity contribution in [3.05, 3.63) is 63.0 Å². The van der Waals surface area contributed by atoms with Gasteiger partial charge in [-0.2, -0.15) is 4.98 Å². The number of carbonyl (C=O) groups is 1. The Labute approximate surface area is 220 Å². The second-order valence-electron chi connectivity index (χ2n) is 8.81. The molecule has 1 saturated heterocycles. The summed E-state index contributed by atoms with van der Waals surface area (Å²) in [5.41, 5.74) is 0.641. The van der Waals surface area contributed by atoms with E-state index >= 15 is 0 Å². The number of hydrogen-bond donors (Lipinski definition) is 0. The molecule has 5 rings (SSSR count). The Morgan fingerprint density at radius 2 is 1.94 bits per heavy atom. The molecule has 2 aromatic carbocycles. The lowest BCUT2D eigenvalue weighted by molar-refractivity contribution is -0.126. The maximum Gasteiger partial charge on any atom is 0.350 e. The smallest absolute Gasteiger partial charge is 0.350 e. The Morgan fingerprint density at radius 3 is 2.67 bits per heavy atom. The number of amides is 1. The number of aromatic nitrogens is 2. The highest BCUT2D eigenvalue weighted by Crippen LogP contribution is 2.46. The Bertz CT molecular complexity index is 1480. The molecule has 2 aliphatic heterocycles. The summed E-state index contributed by atoms with van der Waals surface area (Å²) in [6.45, 7) is 7.34. The second kappa shape index (κ2) is 9.68. The first-order valence-electron chi connectivity index (χ1n) is 11.4. The highest BCUT2D eigenvalue weighted by Gasteiger charge is 2.31. The molecule has 1 fully saturated rings. The lowest BCUT2D eigenvalue weighted by Crippen LogP contribution is -2.54. The van der Waals surface area contributed by atoms with Crippen LogP contribution in [0.5, 0.6) is 0 Å². The van der Waals surface area contributed by atoms with Crippen LogP contribution in [0.4, 0.5) is 14.6 Å². The molecule has 0 radical (unpaired) electrons. The lowest BCUT2D eigenvalue weighted by Gasteiger charge is -2.40. The molecular formula is C25H22Cl2F2N4O2S. The number of thioether (sulfide) groups is 1. The molecule has 0 aliphatic carbocycles. The quantitative estimate of drug-likeness (QED) is 0.324. The van der Waals surface area contributed by atoms with Crippen molar-refractivity contribution in [3.8, 4) is 11.1 Å². The number of hydrogen-bond acceptors (Lipinski definition) is 5. The van der Waals surface area contributed by atoms with E-state index in [0.29, 0.717) is 65.5 Å². The van der Waals surface area contributed by atoms with E-state index in [1.165, 1.54) is 23.9 Å². The highest BCUT2D eigenvalue weighted by atomic mass is 35.5. The van der Waals surface area contributed by atoms with E-state index in [0.717, 1.165) is 6.07 Å². The molecule has 188 valence electrons. The average molecular weight is 551 g/mol. The molecule has 0 saturated carbocycles. The summed E-state index contributed by atoms with van der Waals surface area (Å²) in [6.07, 6.45) is 2.00. The number of nitrogens with zero attached hydrogens (tertiary/aromatic N) is 4. The van der Waals surface area contributed by atoms with Gasteiger partial charge in [0, 0.05) is 59.7 Å². The first-order valence-corrected chi connectivity index (χ1v) is 13.2. The van der Waals surface area contributed by atoms with Crippen LogP contribution in [0.3, 0.4) is 0 Å². The fraction of sp³-hybridized carbons (Fsp3) is 0.320. The van der Waals surface area contributed by atoms with E-state index in [2.05, 4.69) is 11.6 Å². The Morgan fingerprint density at radius 1 is 1.17 bits per heavy atom. The van der Waals surface area contributed by atoms with Crippen LogP contribution < -0.4 is 10.6 Å². The minimum atomic E-state index is -0.861. The zero-order chi connectivity index (χ0) is 25.7. The number of benzene rings is 2. The third-order valence-electron chi connectivity index (χ3n) is 6.59. The predicted molar refractivity (Wildman–Crippen MR) is 140 cm³/mol. The van der Waals surface area contributed by atoms with Gasteiger partial charge in [0.2, 0.25) is 5.91 Å². The van der Waals surface area contributed by atoms with E-state index in [4.69, 9.17) is 23.2 Å². The van der Waals surface area contributed by atoms with Gasteiger partial charge < -0.3 is 9.80 Å². The van der Waals surface area contributed by atoms with Crippen LogP contribution in [0.25, 0.3) is 22.0 Å². The van der Waals surface area contributed by atoms with Gasteiger partial charge in [0.15, 0.2) is 0 Å². The SMILES string of the molecule is C=CC(=O)N1CCN(c2nc(=O)n3c4c(c(-c5cc(Cl)c(F)cc5F)c(Cl)cc24)SCCC3)C(C)C1. The van der Waals surface area contributed by atoms with Crippen LogP contribution in [-0.2, 0) is 11.3 Å². The van der Waals surface area contributed by atoms with Gasteiger partial charge in [-0.05, 0) is 37.3 Å². The number of piperazine rings is 1. The molecule has 0 N–H and O–H groups in total. The summed E-state index contributed by atoms with van der Waals surface area (Å²) in [6, 6.07) is 3.53. The topological polar surface area (TPSA) is 58.4 Å². The summed E-state index contributed by atoms with van der Waals surface area (Å²) >= 11 is 14.2. The Hall–Kier alpha value is -2.62. The van der Waals surface area contributed by atoms with Crippen molar-refractivity contribution in [2.45, 2.75) is 30.8 Å². The molecule has 0 spiro atoms. The molecule has 1 atom stereocenters. The third kappa shape index (κ3) is 4.17. The average Bonchev–Trinajstić information content (AvgIpc) is 3.07. The fourth-order valence-corrected chi connectivity index (χ4v) is 6.62. The number of anilines is 1. The maximum absolute atomic E-state index is 15.0. The summed E-state index contributed by atoms with van der Waals surface area (Å²) < 4.78 is 30.5. The van der Waals surface area contributed by atoms with Crippen molar-refractivity contribution in [2.24, 2.45) is 0 Å². The Balaban J connectivity index is 1.75. The van der Waals surface area contributed by atoms with E-state index in [9.17, 15) is 18.4 Å². The van der Waals surface area contributed by atoms with Crippen LogP contribution in [-0.4, -0.2) is 51.8 Å². The maximum atomic E-state index is 15.0. The van der Waals surface area contributed by atoms with Gasteiger partial charge in [-0.15, -0.1) is 11.8 Å². The van der Waals surface area contributed by atoms with Crippen molar-refractivity contribution in [1.29, 1.82) is 0 Å². The van der Waals surface area contributed by atoms with Crippen LogP contribution in [0.15, 0.2) is 40.5 Å². The standard InChI is InChI=1S/C25H22Cl2F2N4O2S/c1-3-20(34)31-6-7-32(13(2)12-31)24-15-10-17(27)21(14-9-16(26)19(29)11-18(14)28)23-22(15)33(25(35)30-24)5-4-8-36-23/h3,9-11,13H,1,4-8,12H2,2H3. The van der Waals surface area contributed by atoms with Crippen molar-refractivity contribution in [1.82, 2.24) is 14.5 Å². The van der Waals surface area contributed by atoms with Gasteiger partial charge >= 0.3 is 5.69 Å². The third-order valence-corrected chi connectivity index (χ3v) is 8.35. The van der Waals surface area contributed by atoms with E-state index in [-0.39, 0.29) is 27.6 Å². The minimum Gasteiger partial charge on any atom is -0.350 e. The van der Waals surface area contributed by atoms with E-state index in [1.807, 2.05) is 11.8 Å². The zero-order valence-corrected chi connectivity index (χ0v) is 21.7. The summed E-state index contributed by atoms with van der Waals surface area (Å²) in [5.74, 6) is -0.654. The van der Waals surface area contributed by atoms with Gasteiger partial charge in [-0.3, -0.25) is 9.36 Å². The number of aryl methyl sites for hydroxylation is 1. The van der Waals surface area contributed by atoms with Crippen LogP contribution in [0.1, 0.15) is 13.3 Å². The predicted octanol–water partition coefficient (Wildman–Crippen LogP) is 5.37. The van der Waals surface area contributed by atoms with Gasteiger partial charge in [0.1, 0.15) is 17.5 Å². The molecule has 3 aromatic rings. The van der Waals surface area contributed by atoms with Gasteiger partial charge in [-0.25, -0.2) is 13.6 Å². The van der Waals surface area contributed by atoms with Gasteiger partial charge in [0.05, 0.1) is 15.6 Å². The van der Waals surface area contributed by atoms with Crippen LogP contribution >= 0.6 is 35.0 Å². The molecule has 2 aliphatic rings. The van der Waals surface area contributed by atoms with E-state index in [1.54, 1.807) is 15.5 Å². The number of halogens is 4. The van der Waals surface area contributed by atoms with Crippen molar-refractivity contribution in [2.75, 3.05) is 30.3 Å². The molecule has 6 nitrogen and oxygen atoms in total. The second-order valence-corrected chi connectivity index (χ2v) is 10.7. The highest BCUT2D eigenvalue weighted by molar-refractivity contribution is 7.99. The van der Waals surface area contributed by atoms with Crippen LogP contribution in [0.2, 0.25) is 10.0 Å². The monoisotopic (exact) mass is 550 g/mol. The minimum absolute atomic E-state index is 0.0694. The normalized spacial score (nSPS) is 17.9. The summed E-state index contributed by atoms with van der Waals surface area (Å²) in [7, 11) is 0. The largest absolute Gasteiger partial charge is 0.350 e. The zero-order valence-electron chi connectivity index (χ0n) is 19.4. The lowest BCUT2D eigenvalue weighted by atomic mass is 10.0. The molecule has 11 heteroatoms. The van der Waals surface area contributed by atoms with Gasteiger partial charge in [0.25, 0.3) is 0 Å². The molecule has 36 heavy (non-hydrogen) atoms. The fourth-order valence-electron chi connectivity index (χ4n) is 4.89. The molecule has 1 amide bonds. The first kappa shape index (κ1) is 25.0. The number of rotatable bonds is 3. The summed E-state index contributed by atoms with van der Waals surface area (Å²) in [4.78, 5) is 34.1. The van der Waals surface area contributed by atoms with Gasteiger partial charge in [-0.1, -0.05) is 29.8 Å². The van der Waals surface area contributed by atoms with Crippen molar-refractivity contribution < 1.29 is 13.6 Å². The number of carbonyl (C=O) groups excluding carboxylic acids is 1. The van der Waals surface area contributed by atoms with Crippen LogP contribution in [0, 0.1) is 11.6 Å². The molecular weight excluding hydrogens is 529 g/mol. The molecule has 1 aromatic heterocycles. The van der Waals surface area contributed by atoms with Crippen molar-refractivity contribution in [3.63, 3.8) is 0 Å². The first-order chi connectivity index (χ1) is 17.2. The van der Waals surface area contributed by atoms with E-state index < -0.39 is 17.3 Å². The Kier molecular flexibility index (Phi) is 6.74. The molecule has 1 unspecified atom stereocenters. The molecule has 0 bridgehead atoms. The molecule has 3 heterocycles.